The summed E-state index contributed by atoms with van der Waals surface area (Å²) in [4.78, 5) is 13.3. The summed E-state index contributed by atoms with van der Waals surface area (Å²) in [6, 6.07) is -1.19. The van der Waals surface area contributed by atoms with Crippen LogP contribution in [0, 0.1) is 0 Å². The van der Waals surface area contributed by atoms with Crippen LogP contribution in [0.1, 0.15) is 367 Å². The summed E-state index contributed by atoms with van der Waals surface area (Å²) >= 11 is 0. The molecule has 84 heavy (non-hydrogen) atoms. The zero-order chi connectivity index (χ0) is 61.0. The van der Waals surface area contributed by atoms with Gasteiger partial charge in [-0.05, 0) is 51.4 Å². The predicted octanol–water partition coefficient (Wildman–Crippen LogP) is 18.0. The lowest BCUT2D eigenvalue weighted by molar-refractivity contribution is -0.303. The third-order valence-corrected chi connectivity index (χ3v) is 18.0. The minimum absolute atomic E-state index is 0.250. The molecule has 498 valence electrons. The van der Waals surface area contributed by atoms with E-state index in [2.05, 4.69) is 43.5 Å². The average Bonchev–Trinajstić information content (AvgIpc) is 3.66. The number of hydrogen-bond acceptors (Lipinski definition) is 10. The molecule has 0 spiro atoms. The number of aliphatic hydroxyl groups excluding tert-OH is 7. The van der Waals surface area contributed by atoms with Crippen LogP contribution >= 0.6 is 0 Å². The standard InChI is InChI=1S/C73H141NO10/c1-3-5-7-9-11-13-15-17-19-21-23-25-27-29-31-32-33-35-36-38-40-42-44-46-48-50-52-54-56-58-60-65(76)68(78)64(63-83-73-71(81)70(80)69(79)67(62-75)84-73)74-72(82)66(77)61-59-57-55-53-51-49-47-45-43-41-39-37-34-30-28-26-24-22-20-18-16-14-12-10-8-6-4-2/h44,46,52,54,64-71,73,75-81H,3-43,45,47-51,53,55-63H2,1-2H3,(H,74,82)/b46-44+,54-52+. The topological polar surface area (TPSA) is 189 Å². The molecule has 0 saturated carbocycles. The molecule has 9 unspecified atom stereocenters. The number of nitrogens with one attached hydrogen (secondary N) is 1. The Bertz CT molecular complexity index is 1420. The summed E-state index contributed by atoms with van der Waals surface area (Å²) in [6.07, 6.45) is 67.1. The summed E-state index contributed by atoms with van der Waals surface area (Å²) in [6.45, 7) is 3.50. The lowest BCUT2D eigenvalue weighted by Gasteiger charge is -2.40. The predicted molar refractivity (Wildman–Crippen MR) is 353 cm³/mol. The van der Waals surface area contributed by atoms with Crippen LogP contribution in [0.4, 0.5) is 0 Å². The number of carbonyl (C=O) groups is 1. The van der Waals surface area contributed by atoms with Gasteiger partial charge in [0.2, 0.25) is 5.91 Å². The molecule has 1 aliphatic heterocycles. The van der Waals surface area contributed by atoms with E-state index in [4.69, 9.17) is 9.47 Å². The molecule has 1 fully saturated rings. The van der Waals surface area contributed by atoms with E-state index in [9.17, 15) is 40.5 Å². The normalized spacial score (nSPS) is 19.0. The molecule has 8 N–H and O–H groups in total. The molecule has 0 aliphatic carbocycles. The van der Waals surface area contributed by atoms with Crippen molar-refractivity contribution in [3.63, 3.8) is 0 Å². The number of aliphatic hydroxyl groups is 7. The van der Waals surface area contributed by atoms with Gasteiger partial charge >= 0.3 is 0 Å². The molecular weight excluding hydrogens is 1050 g/mol. The van der Waals surface area contributed by atoms with Crippen molar-refractivity contribution in [2.45, 2.75) is 422 Å². The van der Waals surface area contributed by atoms with Gasteiger partial charge in [0, 0.05) is 0 Å². The first-order chi connectivity index (χ1) is 41.2. The number of ether oxygens (including phenoxy) is 2. The zero-order valence-corrected chi connectivity index (χ0v) is 55.2. The Morgan fingerprint density at radius 2 is 0.714 bits per heavy atom. The van der Waals surface area contributed by atoms with E-state index in [1.54, 1.807) is 0 Å². The van der Waals surface area contributed by atoms with E-state index < -0.39 is 74.2 Å². The van der Waals surface area contributed by atoms with E-state index in [0.717, 1.165) is 38.5 Å². The number of amides is 1. The lowest BCUT2D eigenvalue weighted by atomic mass is 9.98. The third-order valence-electron chi connectivity index (χ3n) is 18.0. The summed E-state index contributed by atoms with van der Waals surface area (Å²) in [5, 5.41) is 76.5. The van der Waals surface area contributed by atoms with Crippen LogP contribution in [0.25, 0.3) is 0 Å². The summed E-state index contributed by atoms with van der Waals surface area (Å²) in [5.41, 5.74) is 0. The van der Waals surface area contributed by atoms with Gasteiger partial charge in [-0.25, -0.2) is 0 Å². The van der Waals surface area contributed by atoms with E-state index in [1.165, 1.54) is 283 Å². The Kier molecular flexibility index (Phi) is 59.3. The second kappa shape index (κ2) is 61.8. The first-order valence-corrected chi connectivity index (χ1v) is 36.7. The van der Waals surface area contributed by atoms with Crippen molar-refractivity contribution in [2.24, 2.45) is 0 Å². The van der Waals surface area contributed by atoms with Crippen molar-refractivity contribution in [2.75, 3.05) is 13.2 Å². The van der Waals surface area contributed by atoms with Crippen LogP contribution < -0.4 is 5.32 Å². The molecule has 11 nitrogen and oxygen atoms in total. The number of unbranched alkanes of at least 4 members (excludes halogenated alkanes) is 49. The molecule has 0 aromatic heterocycles. The van der Waals surface area contributed by atoms with Crippen LogP contribution in [-0.2, 0) is 14.3 Å². The van der Waals surface area contributed by atoms with Crippen LogP contribution in [0.15, 0.2) is 24.3 Å². The first kappa shape index (κ1) is 80.6. The monoisotopic (exact) mass is 1190 g/mol. The van der Waals surface area contributed by atoms with Crippen LogP contribution in [0.3, 0.4) is 0 Å². The fraction of sp³-hybridized carbons (Fsp3) is 0.932. The van der Waals surface area contributed by atoms with Gasteiger partial charge in [0.15, 0.2) is 6.29 Å². The highest BCUT2D eigenvalue weighted by Crippen LogP contribution is 2.24. The van der Waals surface area contributed by atoms with Crippen molar-refractivity contribution < 1.29 is 50.0 Å². The van der Waals surface area contributed by atoms with E-state index >= 15 is 0 Å². The number of carbonyl (C=O) groups excluding carboxylic acids is 1. The van der Waals surface area contributed by atoms with Crippen molar-refractivity contribution >= 4 is 5.91 Å². The maximum absolute atomic E-state index is 13.3. The average molecular weight is 1190 g/mol. The summed E-state index contributed by atoms with van der Waals surface area (Å²) in [5.74, 6) is -0.702. The molecule has 1 rings (SSSR count). The second-order valence-electron chi connectivity index (χ2n) is 26.0. The number of rotatable bonds is 65. The molecule has 1 amide bonds. The molecular formula is C73H141NO10. The summed E-state index contributed by atoms with van der Waals surface area (Å²) < 4.78 is 11.2. The SMILES string of the molecule is CCCCCCCCCCCCCCCCCCCCCCC/C=C/CC/C=C/CCCC(O)C(O)C(COC1OC(CO)C(O)C(O)C1O)NC(=O)C(O)CCCCCCCCCCCCCCCCCCCCCCCCCCCCC. The molecule has 0 aromatic rings. The van der Waals surface area contributed by atoms with Gasteiger partial charge in [-0.1, -0.05) is 340 Å². The van der Waals surface area contributed by atoms with Crippen LogP contribution in [0.5, 0.6) is 0 Å². The van der Waals surface area contributed by atoms with Gasteiger partial charge in [-0.15, -0.1) is 0 Å². The Morgan fingerprint density at radius 1 is 0.405 bits per heavy atom. The van der Waals surface area contributed by atoms with E-state index in [-0.39, 0.29) is 12.8 Å². The highest BCUT2D eigenvalue weighted by Gasteiger charge is 2.44. The second-order valence-corrected chi connectivity index (χ2v) is 26.0. The molecule has 1 saturated heterocycles. The van der Waals surface area contributed by atoms with Crippen LogP contribution in [-0.4, -0.2) is 110 Å². The van der Waals surface area contributed by atoms with Crippen molar-refractivity contribution in [3.8, 4) is 0 Å². The number of hydrogen-bond donors (Lipinski definition) is 8. The minimum Gasteiger partial charge on any atom is -0.394 e. The fourth-order valence-corrected chi connectivity index (χ4v) is 12.1. The van der Waals surface area contributed by atoms with Crippen LogP contribution in [0.2, 0.25) is 0 Å². The highest BCUT2D eigenvalue weighted by atomic mass is 16.7. The van der Waals surface area contributed by atoms with Gasteiger partial charge < -0.3 is 50.5 Å². The maximum atomic E-state index is 13.3. The highest BCUT2D eigenvalue weighted by molar-refractivity contribution is 5.80. The molecule has 0 aromatic carbocycles. The molecule has 9 atom stereocenters. The molecule has 0 bridgehead atoms. The maximum Gasteiger partial charge on any atom is 0.249 e. The number of allylic oxidation sites excluding steroid dienone is 4. The van der Waals surface area contributed by atoms with Crippen molar-refractivity contribution in [1.29, 1.82) is 0 Å². The zero-order valence-electron chi connectivity index (χ0n) is 55.2. The Morgan fingerprint density at radius 3 is 1.06 bits per heavy atom. The Labute approximate surface area is 518 Å². The quantitative estimate of drug-likeness (QED) is 0.0215. The smallest absolute Gasteiger partial charge is 0.249 e. The summed E-state index contributed by atoms with van der Waals surface area (Å²) in [7, 11) is 0. The largest absolute Gasteiger partial charge is 0.394 e. The lowest BCUT2D eigenvalue weighted by Crippen LogP contribution is -2.60. The van der Waals surface area contributed by atoms with Crippen molar-refractivity contribution in [3.05, 3.63) is 24.3 Å². The molecule has 0 radical (unpaired) electrons. The van der Waals surface area contributed by atoms with Gasteiger partial charge in [-0.3, -0.25) is 4.79 Å². The van der Waals surface area contributed by atoms with Crippen molar-refractivity contribution in [1.82, 2.24) is 5.32 Å². The molecule has 11 heteroatoms. The first-order valence-electron chi connectivity index (χ1n) is 36.7. The van der Waals surface area contributed by atoms with E-state index in [0.29, 0.717) is 19.3 Å². The molecule has 1 heterocycles. The van der Waals surface area contributed by atoms with Gasteiger partial charge in [0.1, 0.15) is 36.6 Å². The van der Waals surface area contributed by atoms with E-state index in [1.807, 2.05) is 0 Å². The minimum atomic E-state index is -1.67. The fourth-order valence-electron chi connectivity index (χ4n) is 12.1. The molecule has 1 aliphatic rings. The Hall–Kier alpha value is -1.41. The third kappa shape index (κ3) is 48.5. The van der Waals surface area contributed by atoms with Gasteiger partial charge in [-0.2, -0.15) is 0 Å². The van der Waals surface area contributed by atoms with Gasteiger partial charge in [0.05, 0.1) is 25.4 Å². The Balaban J connectivity index is 2.20. The van der Waals surface area contributed by atoms with Gasteiger partial charge in [0.25, 0.3) is 0 Å².